The molecule has 3 aromatic heterocycles. The van der Waals surface area contributed by atoms with E-state index in [0.717, 1.165) is 52.1 Å². The van der Waals surface area contributed by atoms with E-state index in [-0.39, 0.29) is 11.0 Å². The molecule has 14 heteroatoms. The van der Waals surface area contributed by atoms with Gasteiger partial charge in [-0.2, -0.15) is 4.98 Å². The summed E-state index contributed by atoms with van der Waals surface area (Å²) >= 11 is 6.44. The highest BCUT2D eigenvalue weighted by atomic mass is 35.5. The minimum atomic E-state index is -2.78. The number of pyridine rings is 1. The van der Waals surface area contributed by atoms with E-state index >= 15 is 4.39 Å². The van der Waals surface area contributed by atoms with Crippen LogP contribution in [0.5, 0.6) is 0 Å². The Hall–Kier alpha value is -3.44. The van der Waals surface area contributed by atoms with Crippen molar-refractivity contribution in [3.8, 4) is 0 Å². The zero-order valence-corrected chi connectivity index (χ0v) is 26.1. The molecule has 11 nitrogen and oxygen atoms in total. The first-order valence-corrected chi connectivity index (χ1v) is 17.3. The van der Waals surface area contributed by atoms with Crippen molar-refractivity contribution < 1.29 is 8.96 Å². The Bertz CT molecular complexity index is 1670. The van der Waals surface area contributed by atoms with Gasteiger partial charge in [-0.05, 0) is 45.4 Å². The fraction of sp³-hybridized carbons (Fsp3) is 0.414. The largest absolute Gasteiger partial charge is 0.354 e. The summed E-state index contributed by atoms with van der Waals surface area (Å²) in [5.41, 5.74) is 2.16. The average Bonchev–Trinajstić information content (AvgIpc) is 2.99. The van der Waals surface area contributed by atoms with Crippen LogP contribution in [-0.4, -0.2) is 100 Å². The molecule has 0 saturated carbocycles. The molecule has 4 aromatic rings. The predicted molar refractivity (Wildman–Crippen MR) is 171 cm³/mol. The molecule has 0 bridgehead atoms. The minimum Gasteiger partial charge on any atom is -0.354 e. The molecule has 2 fully saturated rings. The van der Waals surface area contributed by atoms with Gasteiger partial charge in [-0.25, -0.2) is 14.4 Å². The Kier molecular flexibility index (Phi) is 8.46. The summed E-state index contributed by atoms with van der Waals surface area (Å²) in [4.78, 5) is 28.9. The van der Waals surface area contributed by atoms with Crippen molar-refractivity contribution in [3.05, 3.63) is 53.8 Å². The lowest BCUT2D eigenvalue weighted by Gasteiger charge is -2.42. The minimum absolute atomic E-state index is 0.201. The normalized spacial score (nSPS) is 17.4. The van der Waals surface area contributed by atoms with Crippen LogP contribution in [0.4, 0.5) is 33.3 Å². The lowest BCUT2D eigenvalue weighted by atomic mass is 10.0. The smallest absolute Gasteiger partial charge is 0.229 e. The first kappa shape index (κ1) is 29.6. The molecule has 226 valence electrons. The van der Waals surface area contributed by atoms with Crippen molar-refractivity contribution in [2.75, 3.05) is 75.2 Å². The molecule has 5 heterocycles. The van der Waals surface area contributed by atoms with E-state index in [0.29, 0.717) is 45.4 Å². The lowest BCUT2D eigenvalue weighted by Crippen LogP contribution is -2.52. The fourth-order valence-electron chi connectivity index (χ4n) is 5.80. The number of nitrogens with zero attached hydrogens (tertiary/aromatic N) is 8. The maximum Gasteiger partial charge on any atom is 0.229 e. The van der Waals surface area contributed by atoms with Gasteiger partial charge < -0.3 is 25.0 Å². The summed E-state index contributed by atoms with van der Waals surface area (Å²) in [5, 5.41) is 7.03. The van der Waals surface area contributed by atoms with Crippen LogP contribution in [0.25, 0.3) is 11.0 Å². The molecule has 0 spiro atoms. The highest BCUT2D eigenvalue weighted by molar-refractivity contribution is 7.71. The summed E-state index contributed by atoms with van der Waals surface area (Å²) < 4.78 is 28.5. The van der Waals surface area contributed by atoms with Gasteiger partial charge in [0.1, 0.15) is 17.7 Å². The maximum atomic E-state index is 15.3. The number of hydrogen-bond donors (Lipinski definition) is 2. The van der Waals surface area contributed by atoms with Crippen molar-refractivity contribution in [2.24, 2.45) is 0 Å². The van der Waals surface area contributed by atoms with E-state index in [1.807, 2.05) is 4.90 Å². The summed E-state index contributed by atoms with van der Waals surface area (Å²) in [6.45, 7) is 9.27. The second-order valence-electron chi connectivity index (χ2n) is 11.5. The van der Waals surface area contributed by atoms with Crippen LogP contribution in [0, 0.1) is 5.82 Å². The van der Waals surface area contributed by atoms with Crippen LogP contribution in [0.2, 0.25) is 5.02 Å². The Labute approximate surface area is 255 Å². The number of hydrogen-bond acceptors (Lipinski definition) is 11. The molecule has 2 N–H and O–H groups in total. The average molecular weight is 625 g/mol. The highest BCUT2D eigenvalue weighted by Crippen LogP contribution is 2.41. The van der Waals surface area contributed by atoms with Gasteiger partial charge in [0.25, 0.3) is 0 Å². The number of piperidine rings is 1. The number of fused-ring (bicyclic) bond motifs is 1. The van der Waals surface area contributed by atoms with Crippen molar-refractivity contribution in [1.29, 1.82) is 0 Å². The van der Waals surface area contributed by atoms with E-state index in [4.69, 9.17) is 11.6 Å². The van der Waals surface area contributed by atoms with Crippen LogP contribution in [0.3, 0.4) is 0 Å². The van der Waals surface area contributed by atoms with Crippen molar-refractivity contribution in [3.63, 3.8) is 0 Å². The zero-order valence-electron chi connectivity index (χ0n) is 24.5. The van der Waals surface area contributed by atoms with Crippen LogP contribution < -0.4 is 20.8 Å². The maximum absolute atomic E-state index is 15.3. The van der Waals surface area contributed by atoms with Crippen molar-refractivity contribution in [1.82, 2.24) is 34.7 Å². The number of anilines is 5. The third-order valence-electron chi connectivity index (χ3n) is 8.05. The van der Waals surface area contributed by atoms with Crippen molar-refractivity contribution in [2.45, 2.75) is 18.9 Å². The van der Waals surface area contributed by atoms with E-state index < -0.39 is 13.0 Å². The number of benzene rings is 1. The molecule has 0 aliphatic carbocycles. The SMILES string of the molecule is CN1CCN(C2CCN(c3ncc(Nc4ncc(Cl)c(Nc5ccc6nccnc6c5P(C)(C)=O)n4)cc3F)CC2)CC1. The molecule has 43 heavy (non-hydrogen) atoms. The van der Waals surface area contributed by atoms with E-state index in [2.05, 4.69) is 52.4 Å². The summed E-state index contributed by atoms with van der Waals surface area (Å²) in [6, 6.07) is 5.52. The van der Waals surface area contributed by atoms with Gasteiger partial charge in [-0.3, -0.25) is 14.9 Å². The number of halogens is 2. The molecular weight excluding hydrogens is 590 g/mol. The monoisotopic (exact) mass is 624 g/mol. The van der Waals surface area contributed by atoms with E-state index in [1.54, 1.807) is 44.1 Å². The summed E-state index contributed by atoms with van der Waals surface area (Å²) in [6.07, 6.45) is 8.18. The van der Waals surface area contributed by atoms with Crippen LogP contribution in [0.15, 0.2) is 43.0 Å². The van der Waals surface area contributed by atoms with Gasteiger partial charge >= 0.3 is 0 Å². The van der Waals surface area contributed by atoms with Crippen LogP contribution >= 0.6 is 18.7 Å². The van der Waals surface area contributed by atoms with Gasteiger partial charge in [-0.15, -0.1) is 0 Å². The molecule has 2 aliphatic rings. The lowest BCUT2D eigenvalue weighted by molar-refractivity contribution is 0.0980. The van der Waals surface area contributed by atoms with Gasteiger partial charge in [0.05, 0.1) is 34.6 Å². The first-order valence-electron chi connectivity index (χ1n) is 14.3. The van der Waals surface area contributed by atoms with Gasteiger partial charge in [0.15, 0.2) is 17.5 Å². The predicted octanol–water partition coefficient (Wildman–Crippen LogP) is 4.56. The number of aromatic nitrogens is 5. The Morgan fingerprint density at radius 3 is 2.42 bits per heavy atom. The molecule has 2 aliphatic heterocycles. The third-order valence-corrected chi connectivity index (χ3v) is 9.85. The zero-order chi connectivity index (χ0) is 30.1. The van der Waals surface area contributed by atoms with Gasteiger partial charge in [0.2, 0.25) is 5.95 Å². The Morgan fingerprint density at radius 1 is 0.953 bits per heavy atom. The number of piperazine rings is 1. The van der Waals surface area contributed by atoms with Crippen LogP contribution in [-0.2, 0) is 4.57 Å². The number of nitrogens with one attached hydrogen (secondary N) is 2. The van der Waals surface area contributed by atoms with Crippen molar-refractivity contribution >= 4 is 64.0 Å². The topological polar surface area (TPSA) is 115 Å². The van der Waals surface area contributed by atoms with Gasteiger partial charge in [-0.1, -0.05) is 11.6 Å². The molecule has 2 saturated heterocycles. The highest BCUT2D eigenvalue weighted by Gasteiger charge is 2.28. The quantitative estimate of drug-likeness (QED) is 0.282. The third kappa shape index (κ3) is 6.57. The molecule has 0 atom stereocenters. The van der Waals surface area contributed by atoms with Gasteiger partial charge in [0, 0.05) is 63.8 Å². The summed E-state index contributed by atoms with van der Waals surface area (Å²) in [5.74, 6) is 0.453. The second kappa shape index (κ2) is 12.3. The molecular formula is C29H35ClFN10OP. The molecule has 1 aromatic carbocycles. The molecule has 0 unspecified atom stereocenters. The Morgan fingerprint density at radius 2 is 1.70 bits per heavy atom. The standard InChI is InChI=1S/C29H35ClFN10OP/c1-39-12-14-40(15-13-39)20-6-10-41(11-7-20)28-22(31)16-19(17-34-28)36-29-35-18-21(30)27(38-29)37-24-5-4-23-25(33-9-8-32-23)26(24)43(2,3)42/h4-5,8-9,16-18,20H,6-7,10-15H2,1-3H3,(H2,35,36,37,38). The molecule has 0 amide bonds. The Balaban J connectivity index is 1.16. The van der Waals surface area contributed by atoms with Crippen LogP contribution in [0.1, 0.15) is 12.8 Å². The number of likely N-dealkylation sites (N-methyl/N-ethyl adjacent to an activating group) is 1. The first-order chi connectivity index (χ1) is 20.7. The van der Waals surface area contributed by atoms with E-state index in [1.165, 1.54) is 12.3 Å². The summed E-state index contributed by atoms with van der Waals surface area (Å²) in [7, 11) is -0.617. The molecule has 0 radical (unpaired) electrons. The molecule has 6 rings (SSSR count). The fourth-order valence-corrected chi connectivity index (χ4v) is 7.33. The second-order valence-corrected chi connectivity index (χ2v) is 15.0. The number of rotatable bonds is 7. The van der Waals surface area contributed by atoms with E-state index in [9.17, 15) is 4.57 Å².